The average Bonchev–Trinajstić information content (AvgIpc) is 3.07. The van der Waals surface area contributed by atoms with Crippen LogP contribution < -0.4 is 15.6 Å². The van der Waals surface area contributed by atoms with E-state index in [0.29, 0.717) is 5.75 Å². The van der Waals surface area contributed by atoms with Crippen LogP contribution in [0.15, 0.2) is 54.7 Å². The normalized spacial score (nSPS) is 11.2. The van der Waals surface area contributed by atoms with Gasteiger partial charge in [-0.05, 0) is 34.7 Å². The smallest absolute Gasteiger partial charge is 0.276 e. The summed E-state index contributed by atoms with van der Waals surface area (Å²) in [4.78, 5) is 27.1. The Labute approximate surface area is 164 Å². The number of aromatic nitrogens is 1. The minimum Gasteiger partial charge on any atom is -0.484 e. The standard InChI is InChI=1S/C22H25N3O3/c1-22(2,3)16-8-10-17(11-9-16)28-14-21(27)25-24-20(26)12-15-13-23-19-7-5-4-6-18(15)19/h4-11,13,23H,12,14H2,1-3H3,(H,24,26)(H,25,27). The summed E-state index contributed by atoms with van der Waals surface area (Å²) in [7, 11) is 0. The largest absolute Gasteiger partial charge is 0.484 e. The van der Waals surface area contributed by atoms with Crippen LogP contribution >= 0.6 is 0 Å². The minimum absolute atomic E-state index is 0.0605. The van der Waals surface area contributed by atoms with Crippen LogP contribution in [-0.4, -0.2) is 23.4 Å². The van der Waals surface area contributed by atoms with Gasteiger partial charge >= 0.3 is 0 Å². The summed E-state index contributed by atoms with van der Waals surface area (Å²) in [5.74, 6) is -0.118. The van der Waals surface area contributed by atoms with Crippen molar-refractivity contribution in [1.82, 2.24) is 15.8 Å². The van der Waals surface area contributed by atoms with Gasteiger partial charge in [0.1, 0.15) is 5.75 Å². The second-order valence-electron chi connectivity index (χ2n) is 7.70. The molecule has 2 amide bonds. The average molecular weight is 379 g/mol. The van der Waals surface area contributed by atoms with Gasteiger partial charge in [-0.2, -0.15) is 0 Å². The highest BCUT2D eigenvalue weighted by atomic mass is 16.5. The topological polar surface area (TPSA) is 83.2 Å². The summed E-state index contributed by atoms with van der Waals surface area (Å²) in [6.07, 6.45) is 1.97. The molecule has 0 aliphatic rings. The summed E-state index contributed by atoms with van der Waals surface area (Å²) >= 11 is 0. The summed E-state index contributed by atoms with van der Waals surface area (Å²) in [6, 6.07) is 15.4. The Bertz CT molecular complexity index is 969. The highest BCUT2D eigenvalue weighted by Crippen LogP contribution is 2.24. The Hall–Kier alpha value is -3.28. The van der Waals surface area contributed by atoms with Gasteiger partial charge in [0.2, 0.25) is 5.91 Å². The fourth-order valence-corrected chi connectivity index (χ4v) is 2.87. The molecule has 28 heavy (non-hydrogen) atoms. The van der Waals surface area contributed by atoms with E-state index < -0.39 is 5.91 Å². The number of benzene rings is 2. The van der Waals surface area contributed by atoms with E-state index in [9.17, 15) is 9.59 Å². The van der Waals surface area contributed by atoms with Crippen molar-refractivity contribution in [2.45, 2.75) is 32.6 Å². The van der Waals surface area contributed by atoms with Crippen molar-refractivity contribution in [2.75, 3.05) is 6.61 Å². The molecule has 146 valence electrons. The second kappa shape index (κ2) is 8.17. The molecular formula is C22H25N3O3. The number of H-pyrrole nitrogens is 1. The van der Waals surface area contributed by atoms with Gasteiger partial charge in [0, 0.05) is 17.1 Å². The van der Waals surface area contributed by atoms with E-state index in [2.05, 4.69) is 36.6 Å². The maximum atomic E-state index is 12.1. The van der Waals surface area contributed by atoms with E-state index in [1.807, 2.05) is 48.5 Å². The fraction of sp³-hybridized carbons (Fsp3) is 0.273. The highest BCUT2D eigenvalue weighted by molar-refractivity contribution is 5.89. The lowest BCUT2D eigenvalue weighted by molar-refractivity contribution is -0.129. The third-order valence-electron chi connectivity index (χ3n) is 4.46. The molecule has 0 saturated carbocycles. The predicted molar refractivity (Wildman–Crippen MR) is 109 cm³/mol. The number of aromatic amines is 1. The third-order valence-corrected chi connectivity index (χ3v) is 4.46. The van der Waals surface area contributed by atoms with Crippen molar-refractivity contribution in [3.8, 4) is 5.75 Å². The van der Waals surface area contributed by atoms with Crippen LogP contribution in [-0.2, 0) is 21.4 Å². The van der Waals surface area contributed by atoms with Crippen molar-refractivity contribution in [3.05, 3.63) is 65.9 Å². The molecule has 0 spiro atoms. The molecule has 0 bridgehead atoms. The Morgan fingerprint density at radius 3 is 2.36 bits per heavy atom. The molecule has 0 aliphatic heterocycles. The van der Waals surface area contributed by atoms with Crippen molar-refractivity contribution in [1.29, 1.82) is 0 Å². The zero-order valence-electron chi connectivity index (χ0n) is 16.3. The van der Waals surface area contributed by atoms with Crippen molar-refractivity contribution in [2.24, 2.45) is 0 Å². The first-order valence-electron chi connectivity index (χ1n) is 9.19. The molecule has 1 heterocycles. The first kappa shape index (κ1) is 19.5. The molecule has 6 nitrogen and oxygen atoms in total. The number of carbonyl (C=O) groups is 2. The minimum atomic E-state index is -0.424. The monoisotopic (exact) mass is 379 g/mol. The SMILES string of the molecule is CC(C)(C)c1ccc(OCC(=O)NNC(=O)Cc2c[nH]c3ccccc23)cc1. The molecule has 0 fully saturated rings. The Morgan fingerprint density at radius 2 is 1.64 bits per heavy atom. The van der Waals surface area contributed by atoms with E-state index >= 15 is 0 Å². The summed E-state index contributed by atoms with van der Waals surface area (Å²) in [5.41, 5.74) is 7.89. The number of rotatable bonds is 5. The number of para-hydroxylation sites is 1. The number of ether oxygens (including phenoxy) is 1. The van der Waals surface area contributed by atoms with Gasteiger partial charge < -0.3 is 9.72 Å². The molecule has 2 aromatic carbocycles. The van der Waals surface area contributed by atoms with Crippen molar-refractivity contribution >= 4 is 22.7 Å². The van der Waals surface area contributed by atoms with E-state index in [-0.39, 0.29) is 24.3 Å². The Kier molecular flexibility index (Phi) is 5.68. The number of hydrogen-bond donors (Lipinski definition) is 3. The van der Waals surface area contributed by atoms with Gasteiger partial charge in [0.25, 0.3) is 5.91 Å². The molecular weight excluding hydrogens is 354 g/mol. The van der Waals surface area contributed by atoms with Gasteiger partial charge in [0.05, 0.1) is 6.42 Å². The molecule has 0 radical (unpaired) electrons. The quantitative estimate of drug-likeness (QED) is 0.595. The van der Waals surface area contributed by atoms with Crippen LogP contribution in [0, 0.1) is 0 Å². The predicted octanol–water partition coefficient (Wildman–Crippen LogP) is 3.23. The first-order valence-corrected chi connectivity index (χ1v) is 9.19. The molecule has 0 aliphatic carbocycles. The van der Waals surface area contributed by atoms with Crippen LogP contribution in [0.5, 0.6) is 5.75 Å². The molecule has 0 saturated heterocycles. The van der Waals surface area contributed by atoms with Gasteiger partial charge in [-0.25, -0.2) is 0 Å². The molecule has 3 N–H and O–H groups in total. The molecule has 3 rings (SSSR count). The van der Waals surface area contributed by atoms with Crippen LogP contribution in [0.2, 0.25) is 0 Å². The van der Waals surface area contributed by atoms with Gasteiger partial charge in [-0.1, -0.05) is 51.1 Å². The van der Waals surface area contributed by atoms with Gasteiger partial charge in [-0.3, -0.25) is 20.4 Å². The van der Waals surface area contributed by atoms with Crippen molar-refractivity contribution in [3.63, 3.8) is 0 Å². The molecule has 0 unspecified atom stereocenters. The summed E-state index contributed by atoms with van der Waals surface area (Å²) in [6.45, 7) is 6.22. The van der Waals surface area contributed by atoms with Crippen LogP contribution in [0.25, 0.3) is 10.9 Å². The molecule has 3 aromatic rings. The Balaban J connectivity index is 1.44. The molecule has 6 heteroatoms. The maximum absolute atomic E-state index is 12.1. The van der Waals surface area contributed by atoms with E-state index in [1.54, 1.807) is 6.20 Å². The zero-order valence-corrected chi connectivity index (χ0v) is 16.3. The number of fused-ring (bicyclic) bond motifs is 1. The summed E-state index contributed by atoms with van der Waals surface area (Å²) < 4.78 is 5.46. The lowest BCUT2D eigenvalue weighted by Crippen LogP contribution is -2.44. The maximum Gasteiger partial charge on any atom is 0.276 e. The number of hydrogen-bond acceptors (Lipinski definition) is 3. The summed E-state index contributed by atoms with van der Waals surface area (Å²) in [5, 5.41) is 0.992. The Morgan fingerprint density at radius 1 is 0.964 bits per heavy atom. The van der Waals surface area contributed by atoms with Gasteiger partial charge in [-0.15, -0.1) is 0 Å². The van der Waals surface area contributed by atoms with E-state index in [1.165, 1.54) is 5.56 Å². The van der Waals surface area contributed by atoms with Crippen LogP contribution in [0.4, 0.5) is 0 Å². The lowest BCUT2D eigenvalue weighted by atomic mass is 9.87. The van der Waals surface area contributed by atoms with E-state index in [0.717, 1.165) is 16.5 Å². The highest BCUT2D eigenvalue weighted by Gasteiger charge is 2.13. The number of hydrazine groups is 1. The van der Waals surface area contributed by atoms with Crippen LogP contribution in [0.1, 0.15) is 31.9 Å². The number of nitrogens with one attached hydrogen (secondary N) is 3. The van der Waals surface area contributed by atoms with Gasteiger partial charge in [0.15, 0.2) is 6.61 Å². The number of amides is 2. The van der Waals surface area contributed by atoms with E-state index in [4.69, 9.17) is 4.74 Å². The molecule has 0 atom stereocenters. The fourth-order valence-electron chi connectivity index (χ4n) is 2.87. The second-order valence-corrected chi connectivity index (χ2v) is 7.70. The lowest BCUT2D eigenvalue weighted by Gasteiger charge is -2.19. The first-order chi connectivity index (χ1) is 13.3. The molecule has 1 aromatic heterocycles. The van der Waals surface area contributed by atoms with Crippen LogP contribution in [0.3, 0.4) is 0 Å². The number of carbonyl (C=O) groups excluding carboxylic acids is 2. The van der Waals surface area contributed by atoms with Crippen molar-refractivity contribution < 1.29 is 14.3 Å². The third kappa shape index (κ3) is 4.91. The zero-order chi connectivity index (χ0) is 20.1.